The highest BCUT2D eigenvalue weighted by molar-refractivity contribution is 5.45. The molecule has 2 aromatic rings. The Labute approximate surface area is 106 Å². The van der Waals surface area contributed by atoms with Crippen LogP contribution in [-0.4, -0.2) is 0 Å². The van der Waals surface area contributed by atoms with Crippen molar-refractivity contribution in [1.82, 2.24) is 0 Å². The van der Waals surface area contributed by atoms with E-state index in [0.717, 1.165) is 11.3 Å². The minimum atomic E-state index is -0.760. The first kappa shape index (κ1) is 12.0. The second-order valence-electron chi connectivity index (χ2n) is 4.36. The molecule has 1 atom stereocenters. The largest absolute Gasteiger partial charge is 0.469 e. The van der Waals surface area contributed by atoms with Crippen LogP contribution in [0, 0.1) is 22.7 Å². The molecule has 1 heterocycles. The van der Waals surface area contributed by atoms with Crippen LogP contribution < -0.4 is 0 Å². The summed E-state index contributed by atoms with van der Waals surface area (Å²) in [6.45, 7) is 1.83. The summed E-state index contributed by atoms with van der Waals surface area (Å²) in [7, 11) is 0. The van der Waals surface area contributed by atoms with Gasteiger partial charge in [-0.2, -0.15) is 10.5 Å². The third-order valence-electron chi connectivity index (χ3n) is 3.00. The van der Waals surface area contributed by atoms with E-state index in [1.54, 1.807) is 24.5 Å². The number of nitriles is 2. The van der Waals surface area contributed by atoms with Crippen LogP contribution in [0.5, 0.6) is 0 Å². The van der Waals surface area contributed by atoms with Crippen LogP contribution in [0.1, 0.15) is 23.8 Å². The lowest BCUT2D eigenvalue weighted by Gasteiger charge is -2.21. The van der Waals surface area contributed by atoms with Gasteiger partial charge in [0.15, 0.2) is 0 Å². The van der Waals surface area contributed by atoms with Gasteiger partial charge in [-0.25, -0.2) is 0 Å². The summed E-state index contributed by atoms with van der Waals surface area (Å²) in [6, 6.07) is 15.3. The van der Waals surface area contributed by atoms with Gasteiger partial charge in [0.05, 0.1) is 29.4 Å². The number of benzene rings is 1. The Morgan fingerprint density at radius 1 is 1.17 bits per heavy atom. The van der Waals surface area contributed by atoms with E-state index in [1.165, 1.54) is 0 Å². The van der Waals surface area contributed by atoms with Gasteiger partial charge in [-0.3, -0.25) is 0 Å². The number of furan rings is 1. The second-order valence-corrected chi connectivity index (χ2v) is 4.36. The van der Waals surface area contributed by atoms with Crippen molar-refractivity contribution >= 4 is 0 Å². The molecule has 0 bridgehead atoms. The maximum absolute atomic E-state index is 9.46. The Bertz CT molecular complexity index is 617. The van der Waals surface area contributed by atoms with Gasteiger partial charge in [0.25, 0.3) is 0 Å². The van der Waals surface area contributed by atoms with Crippen LogP contribution in [0.3, 0.4) is 0 Å². The van der Waals surface area contributed by atoms with E-state index in [-0.39, 0.29) is 0 Å². The molecule has 0 aliphatic rings. The highest BCUT2D eigenvalue weighted by Crippen LogP contribution is 2.30. The van der Waals surface area contributed by atoms with Crippen molar-refractivity contribution in [1.29, 1.82) is 10.5 Å². The van der Waals surface area contributed by atoms with E-state index in [4.69, 9.17) is 9.68 Å². The van der Waals surface area contributed by atoms with Crippen molar-refractivity contribution in [3.63, 3.8) is 0 Å². The van der Waals surface area contributed by atoms with E-state index < -0.39 is 5.41 Å². The van der Waals surface area contributed by atoms with Crippen LogP contribution in [0.15, 0.2) is 47.1 Å². The minimum absolute atomic E-state index is 0.454. The molecular weight excluding hydrogens is 224 g/mol. The summed E-state index contributed by atoms with van der Waals surface area (Å²) < 4.78 is 5.29. The lowest BCUT2D eigenvalue weighted by atomic mass is 9.78. The van der Waals surface area contributed by atoms with Crippen LogP contribution in [-0.2, 0) is 11.8 Å². The maximum atomic E-state index is 9.46. The first-order valence-electron chi connectivity index (χ1n) is 5.63. The number of hydrogen-bond donors (Lipinski definition) is 0. The van der Waals surface area contributed by atoms with Crippen LogP contribution in [0.2, 0.25) is 0 Å². The smallest absolute Gasteiger partial charge is 0.105 e. The SMILES string of the molecule is CC(C#N)(Cc1ccco1)c1ccccc1C#N. The van der Waals surface area contributed by atoms with E-state index in [0.29, 0.717) is 12.0 Å². The Balaban J connectivity index is 2.45. The predicted octanol–water partition coefficient (Wildman–Crippen LogP) is 3.18. The van der Waals surface area contributed by atoms with E-state index in [2.05, 4.69) is 12.1 Å². The topological polar surface area (TPSA) is 60.7 Å². The van der Waals surface area contributed by atoms with Crippen molar-refractivity contribution < 1.29 is 4.42 Å². The molecule has 0 amide bonds. The van der Waals surface area contributed by atoms with Gasteiger partial charge in [-0.05, 0) is 30.7 Å². The van der Waals surface area contributed by atoms with Crippen molar-refractivity contribution in [2.24, 2.45) is 0 Å². The zero-order valence-electron chi connectivity index (χ0n) is 10.1. The zero-order valence-corrected chi connectivity index (χ0v) is 10.1. The molecule has 0 saturated heterocycles. The second kappa shape index (κ2) is 4.77. The average Bonchev–Trinajstić information content (AvgIpc) is 2.91. The van der Waals surface area contributed by atoms with E-state index >= 15 is 0 Å². The Hall–Kier alpha value is -2.52. The quantitative estimate of drug-likeness (QED) is 0.822. The first-order chi connectivity index (χ1) is 8.69. The highest BCUT2D eigenvalue weighted by atomic mass is 16.3. The Kier molecular flexibility index (Phi) is 3.17. The molecule has 2 rings (SSSR count). The number of nitrogens with zero attached hydrogens (tertiary/aromatic N) is 2. The van der Waals surface area contributed by atoms with Crippen molar-refractivity contribution in [2.75, 3.05) is 0 Å². The highest BCUT2D eigenvalue weighted by Gasteiger charge is 2.30. The zero-order chi connectivity index (χ0) is 13.0. The van der Waals surface area contributed by atoms with Crippen LogP contribution in [0.4, 0.5) is 0 Å². The molecule has 1 aromatic carbocycles. The number of hydrogen-bond acceptors (Lipinski definition) is 3. The summed E-state index contributed by atoms with van der Waals surface area (Å²) in [5.74, 6) is 0.742. The molecule has 88 valence electrons. The fourth-order valence-electron chi connectivity index (χ4n) is 2.02. The molecule has 3 heteroatoms. The standard InChI is InChI=1S/C15H12N2O/c1-15(11-17,9-13-6-4-8-18-13)14-7-3-2-5-12(14)10-16/h2-8H,9H2,1H3. The molecule has 0 N–H and O–H groups in total. The Morgan fingerprint density at radius 2 is 1.94 bits per heavy atom. The number of rotatable bonds is 3. The molecule has 0 saturated carbocycles. The summed E-state index contributed by atoms with van der Waals surface area (Å²) >= 11 is 0. The fraction of sp³-hybridized carbons (Fsp3) is 0.200. The lowest BCUT2D eigenvalue weighted by Crippen LogP contribution is -2.23. The molecule has 0 aliphatic heterocycles. The van der Waals surface area contributed by atoms with Crippen molar-refractivity contribution in [2.45, 2.75) is 18.8 Å². The van der Waals surface area contributed by atoms with Gasteiger partial charge in [0.2, 0.25) is 0 Å². The molecule has 0 radical (unpaired) electrons. The summed E-state index contributed by atoms with van der Waals surface area (Å²) in [4.78, 5) is 0. The van der Waals surface area contributed by atoms with Crippen LogP contribution >= 0.6 is 0 Å². The third kappa shape index (κ3) is 2.12. The molecule has 0 spiro atoms. The van der Waals surface area contributed by atoms with Gasteiger partial charge in [0.1, 0.15) is 5.76 Å². The van der Waals surface area contributed by atoms with Gasteiger partial charge in [-0.1, -0.05) is 18.2 Å². The summed E-state index contributed by atoms with van der Waals surface area (Å²) in [5, 5.41) is 18.6. The van der Waals surface area contributed by atoms with Crippen LogP contribution in [0.25, 0.3) is 0 Å². The fourth-order valence-corrected chi connectivity index (χ4v) is 2.02. The average molecular weight is 236 g/mol. The lowest BCUT2D eigenvalue weighted by molar-refractivity contribution is 0.462. The molecule has 0 aliphatic carbocycles. The minimum Gasteiger partial charge on any atom is -0.469 e. The first-order valence-corrected chi connectivity index (χ1v) is 5.63. The molecular formula is C15H12N2O. The predicted molar refractivity (Wildman–Crippen MR) is 66.5 cm³/mol. The van der Waals surface area contributed by atoms with Crippen molar-refractivity contribution in [3.8, 4) is 12.1 Å². The van der Waals surface area contributed by atoms with Gasteiger partial charge >= 0.3 is 0 Å². The van der Waals surface area contributed by atoms with Gasteiger partial charge < -0.3 is 4.42 Å². The normalized spacial score (nSPS) is 13.3. The Morgan fingerprint density at radius 3 is 2.56 bits per heavy atom. The van der Waals surface area contributed by atoms with Gasteiger partial charge in [0, 0.05) is 6.42 Å². The monoisotopic (exact) mass is 236 g/mol. The molecule has 1 unspecified atom stereocenters. The molecule has 18 heavy (non-hydrogen) atoms. The van der Waals surface area contributed by atoms with Crippen molar-refractivity contribution in [3.05, 3.63) is 59.5 Å². The molecule has 1 aromatic heterocycles. The van der Waals surface area contributed by atoms with E-state index in [9.17, 15) is 5.26 Å². The molecule has 0 fully saturated rings. The third-order valence-corrected chi connectivity index (χ3v) is 3.00. The van der Waals surface area contributed by atoms with E-state index in [1.807, 2.05) is 25.1 Å². The summed E-state index contributed by atoms with van der Waals surface area (Å²) in [5.41, 5.74) is 0.518. The maximum Gasteiger partial charge on any atom is 0.105 e. The summed E-state index contributed by atoms with van der Waals surface area (Å²) in [6.07, 6.45) is 2.04. The molecule has 3 nitrogen and oxygen atoms in total. The van der Waals surface area contributed by atoms with Gasteiger partial charge in [-0.15, -0.1) is 0 Å².